The first-order chi connectivity index (χ1) is 17.4. The second-order valence-electron chi connectivity index (χ2n) is 11.5. The first-order valence-corrected chi connectivity index (χ1v) is 16.6. The van der Waals surface area contributed by atoms with E-state index in [1.807, 2.05) is 18.2 Å². The van der Waals surface area contributed by atoms with Gasteiger partial charge in [-0.15, -0.1) is 0 Å². The third kappa shape index (κ3) is 6.63. The van der Waals surface area contributed by atoms with Gasteiger partial charge in [0.05, 0.1) is 6.61 Å². The van der Waals surface area contributed by atoms with Gasteiger partial charge in [-0.1, -0.05) is 39.0 Å². The number of likely N-dealkylation sites (N-methyl/N-ethyl adjacent to an activating group) is 1. The lowest BCUT2D eigenvalue weighted by Gasteiger charge is -2.36. The van der Waals surface area contributed by atoms with Crippen LogP contribution in [0.2, 0.25) is 18.1 Å². The third-order valence-electron chi connectivity index (χ3n) is 7.63. The van der Waals surface area contributed by atoms with Crippen molar-refractivity contribution >= 4 is 35.7 Å². The van der Waals surface area contributed by atoms with Gasteiger partial charge in [-0.3, -0.25) is 9.20 Å². The molecule has 0 unspecified atom stereocenters. The van der Waals surface area contributed by atoms with Crippen LogP contribution in [0.5, 0.6) is 5.75 Å². The van der Waals surface area contributed by atoms with Gasteiger partial charge in [0.15, 0.2) is 8.32 Å². The van der Waals surface area contributed by atoms with E-state index >= 15 is 0 Å². The van der Waals surface area contributed by atoms with Crippen LogP contribution >= 0.6 is 15.9 Å². The molecule has 3 heterocycles. The van der Waals surface area contributed by atoms with E-state index < -0.39 is 8.32 Å². The number of ether oxygens (including phenoxy) is 1. The van der Waals surface area contributed by atoms with Gasteiger partial charge in [0.1, 0.15) is 28.3 Å². The molecule has 37 heavy (non-hydrogen) atoms. The number of fused-ring (bicyclic) bond motifs is 1. The number of hydrogen-bond donors (Lipinski definition) is 1. The minimum Gasteiger partial charge on any atom is -0.491 e. The first kappa shape index (κ1) is 27.8. The monoisotopic (exact) mass is 586 g/mol. The second kappa shape index (κ2) is 11.3. The van der Waals surface area contributed by atoms with Gasteiger partial charge < -0.3 is 19.4 Å². The summed E-state index contributed by atoms with van der Waals surface area (Å²) in [5.74, 6) is 1.83. The number of pyridine rings is 1. The Morgan fingerprint density at radius 1 is 1.11 bits per heavy atom. The van der Waals surface area contributed by atoms with E-state index in [9.17, 15) is 4.79 Å². The van der Waals surface area contributed by atoms with Crippen LogP contribution in [0, 0.1) is 0 Å². The lowest BCUT2D eigenvalue weighted by Crippen LogP contribution is -2.43. The van der Waals surface area contributed by atoms with Crippen molar-refractivity contribution in [3.05, 3.63) is 69.1 Å². The molecule has 2 atom stereocenters. The zero-order chi connectivity index (χ0) is 26.8. The van der Waals surface area contributed by atoms with Crippen molar-refractivity contribution in [3.8, 4) is 5.75 Å². The Kier molecular flexibility index (Phi) is 8.47. The van der Waals surface area contributed by atoms with E-state index in [1.165, 1.54) is 5.56 Å². The van der Waals surface area contributed by atoms with Crippen LogP contribution in [0.15, 0.2) is 57.9 Å². The summed E-state index contributed by atoms with van der Waals surface area (Å²) >= 11 is 3.46. The number of halogens is 1. The Balaban J connectivity index is 1.37. The summed E-state index contributed by atoms with van der Waals surface area (Å²) in [7, 11) is 0.384. The van der Waals surface area contributed by atoms with Gasteiger partial charge in [-0.2, -0.15) is 0 Å². The van der Waals surface area contributed by atoms with E-state index in [-0.39, 0.29) is 16.6 Å². The van der Waals surface area contributed by atoms with E-state index in [0.717, 1.165) is 25.3 Å². The lowest BCUT2D eigenvalue weighted by molar-refractivity contribution is 0.203. The molecule has 3 aromatic rings. The SMILES string of the molecule is CN1C[C@H](Nc2nc3ccccn3c(=O)c2Br)C[C@H](c2ccc(OCCO[Si](C)(C)C(C)(C)C)cc2)C1. The molecule has 1 fully saturated rings. The molecular formula is C28H39BrN4O3Si. The number of aromatic nitrogens is 2. The van der Waals surface area contributed by atoms with Crippen LogP contribution in [-0.4, -0.2) is 62.0 Å². The Hall–Kier alpha value is -2.20. The molecule has 0 bridgehead atoms. The summed E-state index contributed by atoms with van der Waals surface area (Å²) in [5, 5.41) is 3.73. The maximum atomic E-state index is 12.8. The fourth-order valence-electron chi connectivity index (χ4n) is 4.53. The Bertz CT molecular complexity index is 1270. The first-order valence-electron chi connectivity index (χ1n) is 12.9. The number of likely N-dealkylation sites (tertiary alicyclic amines) is 1. The van der Waals surface area contributed by atoms with Crippen molar-refractivity contribution in [1.29, 1.82) is 0 Å². The minimum atomic E-state index is -1.75. The molecule has 4 rings (SSSR count). The number of benzene rings is 1. The highest BCUT2D eigenvalue weighted by atomic mass is 79.9. The molecule has 1 aromatic carbocycles. The summed E-state index contributed by atoms with van der Waals surface area (Å²) in [6.45, 7) is 14.3. The van der Waals surface area contributed by atoms with Crippen LogP contribution in [0.4, 0.5) is 5.82 Å². The molecule has 0 saturated carbocycles. The molecule has 0 radical (unpaired) electrons. The van der Waals surface area contributed by atoms with Crippen molar-refractivity contribution in [1.82, 2.24) is 14.3 Å². The predicted molar refractivity (Wildman–Crippen MR) is 157 cm³/mol. The molecular weight excluding hydrogens is 548 g/mol. The maximum Gasteiger partial charge on any atom is 0.274 e. The maximum absolute atomic E-state index is 12.8. The topological polar surface area (TPSA) is 68.1 Å². The molecule has 1 saturated heterocycles. The largest absolute Gasteiger partial charge is 0.491 e. The number of anilines is 1. The van der Waals surface area contributed by atoms with E-state index in [0.29, 0.717) is 35.1 Å². The van der Waals surface area contributed by atoms with E-state index in [2.05, 4.69) is 91.3 Å². The van der Waals surface area contributed by atoms with Gasteiger partial charge in [0.25, 0.3) is 5.56 Å². The summed E-state index contributed by atoms with van der Waals surface area (Å²) < 4.78 is 14.2. The molecule has 1 aliphatic rings. The molecule has 2 aromatic heterocycles. The molecule has 0 spiro atoms. The Morgan fingerprint density at radius 2 is 1.84 bits per heavy atom. The van der Waals surface area contributed by atoms with E-state index in [1.54, 1.807) is 10.6 Å². The number of piperidine rings is 1. The molecule has 1 aliphatic heterocycles. The predicted octanol–water partition coefficient (Wildman–Crippen LogP) is 5.76. The zero-order valence-corrected chi connectivity index (χ0v) is 25.3. The Labute approximate surface area is 229 Å². The van der Waals surface area contributed by atoms with Crippen LogP contribution in [-0.2, 0) is 4.43 Å². The number of hydrogen-bond acceptors (Lipinski definition) is 6. The summed E-state index contributed by atoms with van der Waals surface area (Å²) in [6, 6.07) is 14.2. The van der Waals surface area contributed by atoms with Crippen LogP contribution in [0.1, 0.15) is 38.7 Å². The van der Waals surface area contributed by atoms with Gasteiger partial charge in [-0.25, -0.2) is 4.98 Å². The van der Waals surface area contributed by atoms with Crippen LogP contribution in [0.25, 0.3) is 5.65 Å². The third-order valence-corrected chi connectivity index (χ3v) is 12.9. The Morgan fingerprint density at radius 3 is 2.54 bits per heavy atom. The summed E-state index contributed by atoms with van der Waals surface area (Å²) in [5.41, 5.74) is 1.80. The molecule has 9 heteroatoms. The molecule has 1 N–H and O–H groups in total. The quantitative estimate of drug-likeness (QED) is 0.267. The molecule has 200 valence electrons. The number of nitrogens with zero attached hydrogens (tertiary/aromatic N) is 3. The minimum absolute atomic E-state index is 0.112. The molecule has 0 aliphatic carbocycles. The van der Waals surface area contributed by atoms with Crippen molar-refractivity contribution in [2.24, 2.45) is 0 Å². The van der Waals surface area contributed by atoms with Crippen molar-refractivity contribution in [2.75, 3.05) is 38.7 Å². The standard InChI is InChI=1S/C28H39BrN4O3Si/c1-28(2,3)37(5,6)36-16-15-35-23-12-10-20(11-13-23)21-17-22(19-32(4)18-21)30-26-25(29)27(34)33-14-8-7-9-24(33)31-26/h7-14,21-22,30H,15-19H2,1-6H3/t21-,22+/m0/s1. The highest BCUT2D eigenvalue weighted by molar-refractivity contribution is 9.10. The van der Waals surface area contributed by atoms with Gasteiger partial charge in [0, 0.05) is 25.3 Å². The normalized spacial score (nSPS) is 19.2. The van der Waals surface area contributed by atoms with Gasteiger partial charge in [-0.05, 0) is 83.3 Å². The highest BCUT2D eigenvalue weighted by Crippen LogP contribution is 2.36. The van der Waals surface area contributed by atoms with Crippen molar-refractivity contribution in [3.63, 3.8) is 0 Å². The van der Waals surface area contributed by atoms with E-state index in [4.69, 9.17) is 14.1 Å². The van der Waals surface area contributed by atoms with Crippen LogP contribution in [0.3, 0.4) is 0 Å². The second-order valence-corrected chi connectivity index (χ2v) is 17.1. The number of nitrogens with one attached hydrogen (secondary N) is 1. The average Bonchev–Trinajstić information content (AvgIpc) is 2.84. The average molecular weight is 588 g/mol. The zero-order valence-electron chi connectivity index (χ0n) is 22.8. The molecule has 0 amide bonds. The van der Waals surface area contributed by atoms with Gasteiger partial charge >= 0.3 is 0 Å². The number of rotatable bonds is 8. The fraction of sp³-hybridized carbons (Fsp3) is 0.500. The van der Waals surface area contributed by atoms with Crippen molar-refractivity contribution in [2.45, 2.75) is 57.3 Å². The fourth-order valence-corrected chi connectivity index (χ4v) is 5.95. The molecule has 7 nitrogen and oxygen atoms in total. The summed E-state index contributed by atoms with van der Waals surface area (Å²) in [4.78, 5) is 19.8. The van der Waals surface area contributed by atoms with Gasteiger partial charge in [0.2, 0.25) is 0 Å². The highest BCUT2D eigenvalue weighted by Gasteiger charge is 2.37. The lowest BCUT2D eigenvalue weighted by atomic mass is 9.88. The van der Waals surface area contributed by atoms with Crippen molar-refractivity contribution < 1.29 is 9.16 Å². The summed E-state index contributed by atoms with van der Waals surface area (Å²) in [6.07, 6.45) is 2.69. The smallest absolute Gasteiger partial charge is 0.274 e. The van der Waals surface area contributed by atoms with Crippen LogP contribution < -0.4 is 15.6 Å².